The van der Waals surface area contributed by atoms with Crippen LogP contribution in [-0.2, 0) is 4.79 Å². The van der Waals surface area contributed by atoms with Gasteiger partial charge in [0, 0.05) is 17.7 Å². The lowest BCUT2D eigenvalue weighted by Gasteiger charge is -2.28. The Bertz CT molecular complexity index is 664. The van der Waals surface area contributed by atoms with Crippen molar-refractivity contribution in [2.24, 2.45) is 4.99 Å². The molecule has 3 rings (SSSR count). The quantitative estimate of drug-likeness (QED) is 0.782. The topological polar surface area (TPSA) is 62.1 Å². The molecule has 1 saturated heterocycles. The summed E-state index contributed by atoms with van der Waals surface area (Å²) >= 11 is 6.98. The van der Waals surface area contributed by atoms with E-state index >= 15 is 0 Å². The fraction of sp³-hybridized carbons (Fsp3) is 0.467. The van der Waals surface area contributed by atoms with E-state index in [1.165, 1.54) is 4.90 Å². The summed E-state index contributed by atoms with van der Waals surface area (Å²) in [4.78, 5) is 18.5. The molecule has 1 fully saturated rings. The van der Waals surface area contributed by atoms with E-state index < -0.39 is 17.7 Å². The smallest absolute Gasteiger partial charge is 0.253 e. The Hall–Kier alpha value is -0.920. The van der Waals surface area contributed by atoms with Crippen molar-refractivity contribution in [2.75, 3.05) is 14.2 Å². The van der Waals surface area contributed by atoms with Gasteiger partial charge < -0.3 is 14.7 Å². The summed E-state index contributed by atoms with van der Waals surface area (Å²) < 4.78 is 6.97. The maximum Gasteiger partial charge on any atom is 0.253 e. The average Bonchev–Trinajstić information content (AvgIpc) is 3.03. The van der Waals surface area contributed by atoms with Gasteiger partial charge in [0.1, 0.15) is 12.0 Å². The van der Waals surface area contributed by atoms with Crippen LogP contribution in [0.3, 0.4) is 0 Å². The predicted molar refractivity (Wildman–Crippen MR) is 90.4 cm³/mol. The fourth-order valence-electron chi connectivity index (χ4n) is 3.36. The van der Waals surface area contributed by atoms with Gasteiger partial charge in [0.05, 0.1) is 17.5 Å². The van der Waals surface area contributed by atoms with Crippen LogP contribution < -0.4 is 4.74 Å². The van der Waals surface area contributed by atoms with E-state index in [0.29, 0.717) is 12.2 Å². The number of ether oxygens (including phenoxy) is 1. The third-order valence-electron chi connectivity index (χ3n) is 4.48. The first-order valence-corrected chi connectivity index (χ1v) is 8.53. The Morgan fingerprint density at radius 3 is 2.73 bits per heavy atom. The molecular formula is C15H16Br2N2O3. The molecule has 118 valence electrons. The van der Waals surface area contributed by atoms with Crippen molar-refractivity contribution in [3.8, 4) is 5.75 Å². The van der Waals surface area contributed by atoms with Crippen LogP contribution >= 0.6 is 31.9 Å². The van der Waals surface area contributed by atoms with Gasteiger partial charge in [-0.1, -0.05) is 15.9 Å². The molecule has 0 radical (unpaired) electrons. The zero-order valence-corrected chi connectivity index (χ0v) is 15.4. The number of methoxy groups -OCH3 is 1. The third-order valence-corrected chi connectivity index (χ3v) is 5.79. The normalized spacial score (nSPS) is 30.6. The Kier molecular flexibility index (Phi) is 4.07. The van der Waals surface area contributed by atoms with Crippen LogP contribution in [0, 0.1) is 0 Å². The van der Waals surface area contributed by atoms with Crippen LogP contribution in [0.15, 0.2) is 26.1 Å². The summed E-state index contributed by atoms with van der Waals surface area (Å²) in [6, 6.07) is 3.72. The molecule has 0 aromatic heterocycles. The second kappa shape index (κ2) is 5.62. The number of hydrogen-bond acceptors (Lipinski definition) is 4. The van der Waals surface area contributed by atoms with Gasteiger partial charge in [0.2, 0.25) is 0 Å². The van der Waals surface area contributed by atoms with Crippen LogP contribution in [0.1, 0.15) is 24.3 Å². The lowest BCUT2D eigenvalue weighted by Crippen LogP contribution is -2.38. The van der Waals surface area contributed by atoms with E-state index in [1.54, 1.807) is 20.4 Å². The molecule has 1 spiro atoms. The standard InChI is InChI=1S/C15H16Br2N2O3/c1-19-13(20)12(15(14(19)21)4-3-5-18-15)8-6-11(22-2)10(17)7-9(8)16/h5-7,12-13,20H,3-4H2,1-2H3/t12-,13+,15-/m0/s1. The Labute approximate surface area is 145 Å². The first kappa shape index (κ1) is 16.0. The molecule has 0 aliphatic carbocycles. The van der Waals surface area contributed by atoms with Crippen molar-refractivity contribution in [2.45, 2.75) is 30.5 Å². The largest absolute Gasteiger partial charge is 0.496 e. The number of rotatable bonds is 2. The lowest BCUT2D eigenvalue weighted by atomic mass is 9.79. The number of benzene rings is 1. The molecule has 5 nitrogen and oxygen atoms in total. The molecule has 0 bridgehead atoms. The average molecular weight is 432 g/mol. The summed E-state index contributed by atoms with van der Waals surface area (Å²) in [5.74, 6) is 0.0946. The van der Waals surface area contributed by atoms with Crippen molar-refractivity contribution in [1.82, 2.24) is 4.90 Å². The summed E-state index contributed by atoms with van der Waals surface area (Å²) in [6.07, 6.45) is 2.22. The summed E-state index contributed by atoms with van der Waals surface area (Å²) in [6.45, 7) is 0. The van der Waals surface area contributed by atoms with Gasteiger partial charge in [-0.15, -0.1) is 0 Å². The highest BCUT2D eigenvalue weighted by molar-refractivity contribution is 9.11. The molecule has 22 heavy (non-hydrogen) atoms. The summed E-state index contributed by atoms with van der Waals surface area (Å²) in [5.41, 5.74) is -0.0838. The zero-order valence-electron chi connectivity index (χ0n) is 12.2. The van der Waals surface area contributed by atoms with Crippen LogP contribution in [0.2, 0.25) is 0 Å². The maximum absolute atomic E-state index is 12.7. The van der Waals surface area contributed by atoms with Crippen molar-refractivity contribution >= 4 is 44.0 Å². The minimum Gasteiger partial charge on any atom is -0.496 e. The van der Waals surface area contributed by atoms with E-state index in [9.17, 15) is 9.90 Å². The van der Waals surface area contributed by atoms with Crippen LogP contribution in [0.5, 0.6) is 5.75 Å². The summed E-state index contributed by atoms with van der Waals surface area (Å²) in [5, 5.41) is 10.6. The van der Waals surface area contributed by atoms with Crippen molar-refractivity contribution in [3.05, 3.63) is 26.6 Å². The number of likely N-dealkylation sites (tertiary alicyclic amines) is 1. The number of carbonyl (C=O) groups excluding carboxylic acids is 1. The highest BCUT2D eigenvalue weighted by atomic mass is 79.9. The van der Waals surface area contributed by atoms with Gasteiger partial charge in [-0.05, 0) is 46.5 Å². The van der Waals surface area contributed by atoms with E-state index in [2.05, 4.69) is 36.9 Å². The zero-order chi connectivity index (χ0) is 16.1. The maximum atomic E-state index is 12.7. The van der Waals surface area contributed by atoms with Gasteiger partial charge in [-0.3, -0.25) is 9.79 Å². The fourth-order valence-corrected chi connectivity index (χ4v) is 4.76. The molecule has 7 heteroatoms. The van der Waals surface area contributed by atoms with Crippen molar-refractivity contribution in [3.63, 3.8) is 0 Å². The minimum atomic E-state index is -0.912. The van der Waals surface area contributed by atoms with E-state index in [-0.39, 0.29) is 5.91 Å². The number of hydrogen-bond donors (Lipinski definition) is 1. The number of carbonyl (C=O) groups is 1. The molecule has 3 atom stereocenters. The molecule has 2 heterocycles. The van der Waals surface area contributed by atoms with Crippen LogP contribution in [0.4, 0.5) is 0 Å². The van der Waals surface area contributed by atoms with Gasteiger partial charge in [0.15, 0.2) is 5.54 Å². The number of aliphatic hydroxyl groups excluding tert-OH is 1. The minimum absolute atomic E-state index is 0.132. The molecule has 1 aromatic carbocycles. The van der Waals surface area contributed by atoms with Crippen molar-refractivity contribution in [1.29, 1.82) is 0 Å². The van der Waals surface area contributed by atoms with E-state index in [4.69, 9.17) is 4.74 Å². The third kappa shape index (κ3) is 2.13. The monoisotopic (exact) mass is 430 g/mol. The highest BCUT2D eigenvalue weighted by Gasteiger charge is 2.59. The Balaban J connectivity index is 2.17. The second-order valence-corrected chi connectivity index (χ2v) is 7.30. The Morgan fingerprint density at radius 1 is 1.41 bits per heavy atom. The van der Waals surface area contributed by atoms with E-state index in [0.717, 1.165) is 20.9 Å². The van der Waals surface area contributed by atoms with Crippen molar-refractivity contribution < 1.29 is 14.6 Å². The number of likely N-dealkylation sites (N-methyl/N-ethyl adjacent to an activating group) is 1. The van der Waals surface area contributed by atoms with Gasteiger partial charge in [0.25, 0.3) is 5.91 Å². The number of nitrogens with zero attached hydrogens (tertiary/aromatic N) is 2. The molecular weight excluding hydrogens is 416 g/mol. The predicted octanol–water partition coefficient (Wildman–Crippen LogP) is 2.70. The number of aliphatic hydroxyl groups is 1. The number of amides is 1. The molecule has 0 saturated carbocycles. The second-order valence-electron chi connectivity index (χ2n) is 5.59. The summed E-state index contributed by atoms with van der Waals surface area (Å²) in [7, 11) is 3.20. The Morgan fingerprint density at radius 2 is 2.14 bits per heavy atom. The first-order chi connectivity index (χ1) is 10.4. The highest BCUT2D eigenvalue weighted by Crippen LogP contribution is 2.50. The van der Waals surface area contributed by atoms with Gasteiger partial charge >= 0.3 is 0 Å². The number of halogens is 2. The number of aliphatic imine (C=N–C) groups is 1. The van der Waals surface area contributed by atoms with Gasteiger partial charge in [-0.2, -0.15) is 0 Å². The molecule has 1 N–H and O–H groups in total. The lowest BCUT2D eigenvalue weighted by molar-refractivity contribution is -0.134. The molecule has 1 amide bonds. The van der Waals surface area contributed by atoms with Gasteiger partial charge in [-0.25, -0.2) is 0 Å². The van der Waals surface area contributed by atoms with Crippen LogP contribution in [-0.4, -0.2) is 48.1 Å². The molecule has 2 aliphatic rings. The SMILES string of the molecule is COc1cc([C@H]2[C@@H](O)N(C)C(=O)[C@]23CCC=N3)c(Br)cc1Br. The molecule has 2 aliphatic heterocycles. The molecule has 0 unspecified atom stereocenters. The first-order valence-electron chi connectivity index (χ1n) is 6.94. The van der Waals surface area contributed by atoms with Crippen LogP contribution in [0.25, 0.3) is 0 Å². The van der Waals surface area contributed by atoms with E-state index in [1.807, 2.05) is 12.1 Å². The molecule has 1 aromatic rings.